The number of carbonyl (C=O) groups is 2. The van der Waals surface area contributed by atoms with Crippen LogP contribution in [0.3, 0.4) is 0 Å². The number of benzene rings is 1. The molecule has 1 amide bonds. The zero-order valence-electron chi connectivity index (χ0n) is 23.8. The van der Waals surface area contributed by atoms with Crippen molar-refractivity contribution in [3.8, 4) is 0 Å². The van der Waals surface area contributed by atoms with E-state index < -0.39 is 23.2 Å². The first kappa shape index (κ1) is 30.2. The molecule has 1 aliphatic carbocycles. The topological polar surface area (TPSA) is 129 Å². The number of carbonyl (C=O) groups excluding carboxylic acids is 1. The van der Waals surface area contributed by atoms with Gasteiger partial charge in [-0.3, -0.25) is 14.6 Å². The highest BCUT2D eigenvalue weighted by Crippen LogP contribution is 2.44. The smallest absolute Gasteiger partial charge is 0.323 e. The van der Waals surface area contributed by atoms with Gasteiger partial charge in [-0.15, -0.1) is 0 Å². The molecule has 2 aromatic heterocycles. The minimum Gasteiger partial charge on any atom is -0.480 e. The Morgan fingerprint density at radius 3 is 2.59 bits per heavy atom. The van der Waals surface area contributed by atoms with Gasteiger partial charge < -0.3 is 20.0 Å². The predicted molar refractivity (Wildman–Crippen MR) is 157 cm³/mol. The molecule has 0 radical (unpaired) electrons. The monoisotopic (exact) mass is 559 g/mol. The number of amides is 1. The van der Waals surface area contributed by atoms with E-state index in [-0.39, 0.29) is 17.7 Å². The highest BCUT2D eigenvalue weighted by molar-refractivity contribution is 5.91. The molecule has 2 heterocycles. The fourth-order valence-corrected chi connectivity index (χ4v) is 6.10. The summed E-state index contributed by atoms with van der Waals surface area (Å²) in [6.45, 7) is 2.70. The molecule has 1 aliphatic rings. The van der Waals surface area contributed by atoms with Crippen LogP contribution in [0, 0.1) is 11.8 Å². The van der Waals surface area contributed by atoms with E-state index in [0.717, 1.165) is 11.8 Å². The van der Waals surface area contributed by atoms with Crippen LogP contribution in [0.5, 0.6) is 0 Å². The third-order valence-corrected chi connectivity index (χ3v) is 8.34. The summed E-state index contributed by atoms with van der Waals surface area (Å²) in [5, 5.41) is 10.9. The molecule has 3 N–H and O–H groups in total. The van der Waals surface area contributed by atoms with E-state index >= 15 is 0 Å². The number of aromatic nitrogens is 2. The third kappa shape index (κ3) is 7.50. The molecule has 1 aromatic carbocycles. The van der Waals surface area contributed by atoms with E-state index in [0.29, 0.717) is 43.8 Å². The van der Waals surface area contributed by atoms with Gasteiger partial charge in [0.05, 0.1) is 6.10 Å². The quantitative estimate of drug-likeness (QED) is 0.206. The van der Waals surface area contributed by atoms with Crippen molar-refractivity contribution in [3.05, 3.63) is 89.9 Å². The molecule has 1 saturated carbocycles. The second-order valence-corrected chi connectivity index (χ2v) is 11.0. The van der Waals surface area contributed by atoms with Crippen molar-refractivity contribution in [1.29, 1.82) is 0 Å². The van der Waals surface area contributed by atoms with Crippen LogP contribution in [-0.4, -0.2) is 39.7 Å². The van der Waals surface area contributed by atoms with Gasteiger partial charge >= 0.3 is 5.97 Å². The van der Waals surface area contributed by atoms with E-state index in [9.17, 15) is 14.7 Å². The average Bonchev–Trinajstić information content (AvgIpc) is 3.49. The molecule has 218 valence electrons. The number of rotatable bonds is 15. The molecule has 1 fully saturated rings. The van der Waals surface area contributed by atoms with Gasteiger partial charge in [-0.25, -0.2) is 4.98 Å². The second kappa shape index (κ2) is 14.7. The zero-order valence-corrected chi connectivity index (χ0v) is 23.8. The molecule has 4 rings (SSSR count). The number of primary amides is 1. The van der Waals surface area contributed by atoms with Gasteiger partial charge in [0.25, 0.3) is 5.91 Å². The summed E-state index contributed by atoms with van der Waals surface area (Å²) in [6.07, 6.45) is 17.5. The number of nitrogens with two attached hydrogens (primary N) is 1. The first-order chi connectivity index (χ1) is 19.9. The molecule has 0 spiro atoms. The zero-order chi connectivity index (χ0) is 29.1. The van der Waals surface area contributed by atoms with Gasteiger partial charge in [0, 0.05) is 19.0 Å². The average molecular weight is 560 g/mol. The Morgan fingerprint density at radius 2 is 1.93 bits per heavy atom. The fourth-order valence-electron chi connectivity index (χ4n) is 6.10. The maximum atomic E-state index is 13.4. The molecular formula is C33H41N3O5. The van der Waals surface area contributed by atoms with E-state index in [1.807, 2.05) is 30.4 Å². The molecule has 3 aromatic rings. The standard InChI is InChI=1S/C33H41N3O5/c1-24(26-14-4-2-5-15-26)40-21-11-19-28(18-9-8-12-25-13-10-20-35-22-25)33(32(38)39,27-16-6-3-7-17-27)31-36-29(23-41-31)30(34)37/h3,6-8,10,12-13,16-17,20,22-24,26,28H,2,4-5,9,11,14-15,18-19,21H2,1H3,(H2,34,37)(H,38,39). The van der Waals surface area contributed by atoms with E-state index in [1.165, 1.54) is 32.1 Å². The summed E-state index contributed by atoms with van der Waals surface area (Å²) in [6, 6.07) is 12.9. The maximum Gasteiger partial charge on any atom is 0.323 e. The van der Waals surface area contributed by atoms with Crippen LogP contribution in [-0.2, 0) is 14.9 Å². The summed E-state index contributed by atoms with van der Waals surface area (Å²) in [5.74, 6) is -1.72. The number of allylic oxidation sites excluding steroid dienone is 1. The number of nitrogens with zero attached hydrogens (tertiary/aromatic N) is 2. The Kier molecular flexibility index (Phi) is 10.8. The van der Waals surface area contributed by atoms with Gasteiger partial charge in [0.2, 0.25) is 5.89 Å². The van der Waals surface area contributed by atoms with Crippen molar-refractivity contribution in [3.63, 3.8) is 0 Å². The molecule has 8 nitrogen and oxygen atoms in total. The minimum absolute atomic E-state index is 0.0391. The Bertz CT molecular complexity index is 1270. The molecule has 0 saturated heterocycles. The Morgan fingerprint density at radius 1 is 1.15 bits per heavy atom. The Labute approximate surface area is 242 Å². The highest BCUT2D eigenvalue weighted by Gasteiger charge is 2.52. The summed E-state index contributed by atoms with van der Waals surface area (Å²) < 4.78 is 12.0. The first-order valence-electron chi connectivity index (χ1n) is 14.7. The van der Waals surface area contributed by atoms with Crippen LogP contribution in [0.4, 0.5) is 0 Å². The number of ether oxygens (including phenoxy) is 1. The summed E-state index contributed by atoms with van der Waals surface area (Å²) in [4.78, 5) is 33.7. The lowest BCUT2D eigenvalue weighted by atomic mass is 9.66. The van der Waals surface area contributed by atoms with Crippen molar-refractivity contribution in [2.24, 2.45) is 17.6 Å². The van der Waals surface area contributed by atoms with Crippen LogP contribution in [0.15, 0.2) is 71.6 Å². The van der Waals surface area contributed by atoms with Crippen molar-refractivity contribution < 1.29 is 23.8 Å². The Balaban J connectivity index is 1.61. The number of carboxylic acid groups (broad SMARTS) is 1. The number of hydrogen-bond donors (Lipinski definition) is 2. The molecule has 3 atom stereocenters. The van der Waals surface area contributed by atoms with Crippen LogP contribution >= 0.6 is 0 Å². The number of aliphatic carboxylic acids is 1. The third-order valence-electron chi connectivity index (χ3n) is 8.34. The van der Waals surface area contributed by atoms with Crippen LogP contribution in [0.2, 0.25) is 0 Å². The van der Waals surface area contributed by atoms with Gasteiger partial charge in [-0.2, -0.15) is 0 Å². The van der Waals surface area contributed by atoms with Gasteiger partial charge in [0.1, 0.15) is 6.26 Å². The highest BCUT2D eigenvalue weighted by atomic mass is 16.5. The summed E-state index contributed by atoms with van der Waals surface area (Å²) in [7, 11) is 0. The lowest BCUT2D eigenvalue weighted by Gasteiger charge is -2.35. The minimum atomic E-state index is -1.62. The van der Waals surface area contributed by atoms with Crippen LogP contribution in [0.1, 0.15) is 92.2 Å². The Hall–Kier alpha value is -3.78. The number of carboxylic acids is 1. The molecule has 8 heteroatoms. The normalized spacial score (nSPS) is 17.2. The SMILES string of the molecule is CC(OCCCC(CCC=Cc1cccnc1)C(C(=O)O)(c1ccccc1)c1nc(C(N)=O)co1)C1CCCCC1. The van der Waals surface area contributed by atoms with Crippen molar-refractivity contribution >= 4 is 18.0 Å². The molecule has 0 aliphatic heterocycles. The lowest BCUT2D eigenvalue weighted by Crippen LogP contribution is -2.45. The molecule has 0 bridgehead atoms. The van der Waals surface area contributed by atoms with Crippen LogP contribution < -0.4 is 5.73 Å². The fraction of sp³-hybridized carbons (Fsp3) is 0.455. The van der Waals surface area contributed by atoms with E-state index in [4.69, 9.17) is 14.9 Å². The number of pyridine rings is 1. The summed E-state index contributed by atoms with van der Waals surface area (Å²) in [5.41, 5.74) is 5.27. The predicted octanol–water partition coefficient (Wildman–Crippen LogP) is 6.41. The van der Waals surface area contributed by atoms with Gasteiger partial charge in [-0.05, 0) is 74.5 Å². The molecule has 3 unspecified atom stereocenters. The first-order valence-corrected chi connectivity index (χ1v) is 14.7. The largest absolute Gasteiger partial charge is 0.480 e. The molecular weight excluding hydrogens is 518 g/mol. The van der Waals surface area contributed by atoms with Crippen molar-refractivity contribution in [1.82, 2.24) is 9.97 Å². The van der Waals surface area contributed by atoms with Crippen LogP contribution in [0.25, 0.3) is 6.08 Å². The van der Waals surface area contributed by atoms with Gasteiger partial charge in [-0.1, -0.05) is 67.8 Å². The maximum absolute atomic E-state index is 13.4. The molecule has 41 heavy (non-hydrogen) atoms. The second-order valence-electron chi connectivity index (χ2n) is 11.0. The number of oxazole rings is 1. The number of hydrogen-bond acceptors (Lipinski definition) is 6. The lowest BCUT2D eigenvalue weighted by molar-refractivity contribution is -0.145. The van der Waals surface area contributed by atoms with Crippen molar-refractivity contribution in [2.45, 2.75) is 76.2 Å². The van der Waals surface area contributed by atoms with Crippen molar-refractivity contribution in [2.75, 3.05) is 6.61 Å². The summed E-state index contributed by atoms with van der Waals surface area (Å²) >= 11 is 0. The van der Waals surface area contributed by atoms with E-state index in [2.05, 4.69) is 16.9 Å². The van der Waals surface area contributed by atoms with E-state index in [1.54, 1.807) is 36.7 Å². The van der Waals surface area contributed by atoms with Gasteiger partial charge in [0.15, 0.2) is 11.1 Å².